The lowest BCUT2D eigenvalue weighted by Crippen LogP contribution is -2.57. The van der Waals surface area contributed by atoms with E-state index < -0.39 is 0 Å². The van der Waals surface area contributed by atoms with E-state index in [2.05, 4.69) is 31.9 Å². The van der Waals surface area contributed by atoms with Crippen molar-refractivity contribution >= 4 is 0 Å². The molecule has 1 saturated heterocycles. The number of benzene rings is 1. The lowest BCUT2D eigenvalue weighted by Gasteiger charge is -2.55. The highest BCUT2D eigenvalue weighted by Gasteiger charge is 2.49. The quantitative estimate of drug-likeness (QED) is 0.822. The van der Waals surface area contributed by atoms with Gasteiger partial charge in [0.05, 0.1) is 0 Å². The summed E-state index contributed by atoms with van der Waals surface area (Å²) in [7, 11) is 2.26. The number of nitrogens with zero attached hydrogens (tertiary/aromatic N) is 1. The molecule has 0 saturated carbocycles. The fourth-order valence-electron chi connectivity index (χ4n) is 4.35. The smallest absolute Gasteiger partial charge is 0.115 e. The van der Waals surface area contributed by atoms with Crippen molar-refractivity contribution < 1.29 is 5.11 Å². The monoisotopic (exact) mass is 245 g/mol. The molecule has 2 nitrogen and oxygen atoms in total. The Balaban J connectivity index is 2.18. The zero-order chi connectivity index (χ0) is 12.9. The van der Waals surface area contributed by atoms with E-state index >= 15 is 0 Å². The number of fused-ring (bicyclic) bond motifs is 4. The van der Waals surface area contributed by atoms with Crippen LogP contribution in [0.3, 0.4) is 0 Å². The van der Waals surface area contributed by atoms with Gasteiger partial charge in [-0.3, -0.25) is 0 Å². The summed E-state index contributed by atoms with van der Waals surface area (Å²) in [6, 6.07) is 6.66. The van der Waals surface area contributed by atoms with Gasteiger partial charge in [-0.15, -0.1) is 0 Å². The topological polar surface area (TPSA) is 23.5 Å². The first-order valence-corrected chi connectivity index (χ1v) is 7.11. The van der Waals surface area contributed by atoms with Crippen molar-refractivity contribution in [2.24, 2.45) is 5.92 Å². The molecule has 1 fully saturated rings. The molecule has 98 valence electrons. The lowest BCUT2D eigenvalue weighted by atomic mass is 9.57. The Bertz CT molecular complexity index is 470. The highest BCUT2D eigenvalue weighted by molar-refractivity contribution is 5.44. The third-order valence-corrected chi connectivity index (χ3v) is 5.62. The molecule has 18 heavy (non-hydrogen) atoms. The summed E-state index contributed by atoms with van der Waals surface area (Å²) in [4.78, 5) is 2.52. The van der Waals surface area contributed by atoms with Gasteiger partial charge in [0.2, 0.25) is 0 Å². The Labute approximate surface area is 110 Å². The summed E-state index contributed by atoms with van der Waals surface area (Å²) < 4.78 is 0. The molecule has 0 radical (unpaired) electrons. The van der Waals surface area contributed by atoms with E-state index in [1.807, 2.05) is 12.1 Å². The Hall–Kier alpha value is -1.02. The molecular formula is C16H23NO. The van der Waals surface area contributed by atoms with Crippen LogP contribution in [0.15, 0.2) is 18.2 Å². The van der Waals surface area contributed by atoms with Crippen molar-refractivity contribution in [1.29, 1.82) is 0 Å². The predicted molar refractivity (Wildman–Crippen MR) is 74.0 cm³/mol. The molecule has 0 amide bonds. The van der Waals surface area contributed by atoms with Crippen LogP contribution in [0.25, 0.3) is 0 Å². The van der Waals surface area contributed by atoms with Crippen molar-refractivity contribution in [1.82, 2.24) is 4.90 Å². The van der Waals surface area contributed by atoms with E-state index in [0.29, 0.717) is 17.7 Å². The van der Waals surface area contributed by atoms with Gasteiger partial charge in [0, 0.05) is 11.5 Å². The number of phenols is 1. The number of hydrogen-bond acceptors (Lipinski definition) is 2. The molecule has 3 rings (SSSR count). The molecule has 1 aromatic carbocycles. The minimum atomic E-state index is 0.281. The van der Waals surface area contributed by atoms with Crippen molar-refractivity contribution in [3.05, 3.63) is 29.3 Å². The Morgan fingerprint density at radius 2 is 2.22 bits per heavy atom. The number of piperidine rings is 1. The molecule has 1 unspecified atom stereocenters. The number of hydrogen-bond donors (Lipinski definition) is 1. The van der Waals surface area contributed by atoms with Gasteiger partial charge >= 0.3 is 0 Å². The van der Waals surface area contributed by atoms with Crippen LogP contribution in [0.5, 0.6) is 5.75 Å². The summed E-state index contributed by atoms with van der Waals surface area (Å²) in [5.74, 6) is 1.10. The minimum absolute atomic E-state index is 0.281. The second kappa shape index (κ2) is 3.99. The van der Waals surface area contributed by atoms with Crippen LogP contribution < -0.4 is 0 Å². The van der Waals surface area contributed by atoms with Crippen molar-refractivity contribution in [2.45, 2.75) is 44.6 Å². The summed E-state index contributed by atoms with van der Waals surface area (Å²) in [5.41, 5.74) is 3.15. The Morgan fingerprint density at radius 1 is 1.44 bits per heavy atom. The Kier molecular flexibility index (Phi) is 2.67. The lowest BCUT2D eigenvalue weighted by molar-refractivity contribution is 0.0385. The van der Waals surface area contributed by atoms with Gasteiger partial charge in [0.25, 0.3) is 0 Å². The zero-order valence-electron chi connectivity index (χ0n) is 11.6. The van der Waals surface area contributed by atoms with E-state index in [-0.39, 0.29) is 5.41 Å². The maximum absolute atomic E-state index is 9.82. The SMILES string of the molecule is CCC12CCN(C)[C@H](Cc3ccc(O)cc31)[C@@H]2C. The van der Waals surface area contributed by atoms with E-state index in [1.165, 1.54) is 30.5 Å². The Morgan fingerprint density at radius 3 is 2.94 bits per heavy atom. The molecule has 2 heteroatoms. The average Bonchev–Trinajstić information content (AvgIpc) is 2.36. The second-order valence-corrected chi connectivity index (χ2v) is 6.14. The third-order valence-electron chi connectivity index (χ3n) is 5.62. The van der Waals surface area contributed by atoms with Gasteiger partial charge in [-0.1, -0.05) is 19.9 Å². The van der Waals surface area contributed by atoms with Crippen LogP contribution in [-0.4, -0.2) is 29.6 Å². The average molecular weight is 245 g/mol. The molecule has 3 atom stereocenters. The first kappa shape index (κ1) is 12.0. The van der Waals surface area contributed by atoms with Gasteiger partial charge in [0.15, 0.2) is 0 Å². The summed E-state index contributed by atoms with van der Waals surface area (Å²) in [5, 5.41) is 9.82. The van der Waals surface area contributed by atoms with Gasteiger partial charge in [-0.05, 0) is 62.0 Å². The molecule has 1 aromatic rings. The summed E-state index contributed by atoms with van der Waals surface area (Å²) in [6.45, 7) is 5.88. The summed E-state index contributed by atoms with van der Waals surface area (Å²) >= 11 is 0. The highest BCUT2D eigenvalue weighted by atomic mass is 16.3. The van der Waals surface area contributed by atoms with Crippen molar-refractivity contribution in [3.8, 4) is 5.75 Å². The molecule has 1 N–H and O–H groups in total. The molecule has 0 aromatic heterocycles. The van der Waals surface area contributed by atoms with Crippen LogP contribution in [0.2, 0.25) is 0 Å². The molecule has 0 spiro atoms. The second-order valence-electron chi connectivity index (χ2n) is 6.14. The summed E-state index contributed by atoms with van der Waals surface area (Å²) in [6.07, 6.45) is 3.53. The van der Waals surface area contributed by atoms with Crippen LogP contribution in [-0.2, 0) is 11.8 Å². The number of aromatic hydroxyl groups is 1. The van der Waals surface area contributed by atoms with E-state index in [0.717, 1.165) is 6.42 Å². The molecule has 1 aliphatic carbocycles. The highest BCUT2D eigenvalue weighted by Crippen LogP contribution is 2.50. The molecule has 1 heterocycles. The fraction of sp³-hybridized carbons (Fsp3) is 0.625. The fourth-order valence-corrected chi connectivity index (χ4v) is 4.35. The van der Waals surface area contributed by atoms with Gasteiger partial charge < -0.3 is 10.0 Å². The number of rotatable bonds is 1. The van der Waals surface area contributed by atoms with Crippen molar-refractivity contribution in [3.63, 3.8) is 0 Å². The number of likely N-dealkylation sites (tertiary alicyclic amines) is 1. The van der Waals surface area contributed by atoms with Crippen LogP contribution in [0.4, 0.5) is 0 Å². The van der Waals surface area contributed by atoms with Crippen molar-refractivity contribution in [2.75, 3.05) is 13.6 Å². The van der Waals surface area contributed by atoms with E-state index in [4.69, 9.17) is 0 Å². The van der Waals surface area contributed by atoms with Crippen LogP contribution >= 0.6 is 0 Å². The maximum atomic E-state index is 9.82. The van der Waals surface area contributed by atoms with Gasteiger partial charge in [-0.25, -0.2) is 0 Å². The van der Waals surface area contributed by atoms with Crippen LogP contribution in [0.1, 0.15) is 37.8 Å². The molecule has 2 aliphatic rings. The number of likely N-dealkylation sites (N-methyl/N-ethyl adjacent to an activating group) is 1. The molecule has 2 bridgehead atoms. The minimum Gasteiger partial charge on any atom is -0.508 e. The van der Waals surface area contributed by atoms with E-state index in [9.17, 15) is 5.11 Å². The largest absolute Gasteiger partial charge is 0.508 e. The van der Waals surface area contributed by atoms with E-state index in [1.54, 1.807) is 0 Å². The van der Waals surface area contributed by atoms with Crippen LogP contribution in [0, 0.1) is 5.92 Å². The zero-order valence-corrected chi connectivity index (χ0v) is 11.6. The van der Waals surface area contributed by atoms with Gasteiger partial charge in [0.1, 0.15) is 5.75 Å². The first-order valence-electron chi connectivity index (χ1n) is 7.11. The molecular weight excluding hydrogens is 222 g/mol. The van der Waals surface area contributed by atoms with Gasteiger partial charge in [-0.2, -0.15) is 0 Å². The maximum Gasteiger partial charge on any atom is 0.115 e. The standard InChI is InChI=1S/C16H23NO/c1-4-16-7-8-17(3)15(11(16)2)9-12-5-6-13(18)10-14(12)16/h5-6,10-11,15,18H,4,7-9H2,1-3H3/t11-,15+,16?/m0/s1. The number of phenolic OH excluding ortho intramolecular Hbond substituents is 1. The predicted octanol–water partition coefficient (Wildman–Crippen LogP) is 2.94. The molecule has 1 aliphatic heterocycles. The third kappa shape index (κ3) is 1.45. The first-order chi connectivity index (χ1) is 8.58. The normalized spacial score (nSPS) is 35.3.